The molecule has 0 radical (unpaired) electrons. The van der Waals surface area contributed by atoms with Crippen molar-refractivity contribution < 1.29 is 4.79 Å². The van der Waals surface area contributed by atoms with Crippen molar-refractivity contribution in [3.05, 3.63) is 23.8 Å². The van der Waals surface area contributed by atoms with Gasteiger partial charge in [-0.25, -0.2) is 0 Å². The number of amides is 1. The maximum atomic E-state index is 12.4. The fourth-order valence-corrected chi connectivity index (χ4v) is 4.36. The van der Waals surface area contributed by atoms with E-state index in [2.05, 4.69) is 21.8 Å². The normalized spacial score (nSPS) is 24.9. The smallest absolute Gasteiger partial charge is 0.222 e. The minimum absolute atomic E-state index is 0.274. The minimum atomic E-state index is 0.274. The molecule has 5 nitrogen and oxygen atoms in total. The molecule has 0 unspecified atom stereocenters. The van der Waals surface area contributed by atoms with Crippen LogP contribution in [0.25, 0.3) is 0 Å². The Kier molecular flexibility index (Phi) is 6.05. The van der Waals surface area contributed by atoms with Crippen LogP contribution in [0.1, 0.15) is 63.3 Å². The molecule has 0 aromatic carbocycles. The maximum Gasteiger partial charge on any atom is 0.222 e. The molecular weight excluding hydrogens is 312 g/mol. The Bertz CT molecular complexity index is 574. The topological polar surface area (TPSA) is 49.3 Å². The number of hydrogen-bond donors (Lipinski definition) is 0. The Labute approximate surface area is 151 Å². The van der Waals surface area contributed by atoms with Gasteiger partial charge in [0, 0.05) is 31.1 Å². The zero-order valence-electron chi connectivity index (χ0n) is 15.8. The number of nitrogens with zero attached hydrogens (tertiary/aromatic N) is 4. The van der Waals surface area contributed by atoms with Crippen LogP contribution in [-0.2, 0) is 11.3 Å². The Morgan fingerprint density at radius 2 is 2.04 bits per heavy atom. The molecule has 1 amide bonds. The minimum Gasteiger partial charge on any atom is -0.336 e. The van der Waals surface area contributed by atoms with Gasteiger partial charge in [-0.2, -0.15) is 0 Å². The van der Waals surface area contributed by atoms with Crippen molar-refractivity contribution in [1.29, 1.82) is 0 Å². The highest BCUT2D eigenvalue weighted by Crippen LogP contribution is 2.39. The van der Waals surface area contributed by atoms with Gasteiger partial charge in [0.05, 0.1) is 24.1 Å². The van der Waals surface area contributed by atoms with Gasteiger partial charge < -0.3 is 9.80 Å². The Hall–Kier alpha value is -1.49. The summed E-state index contributed by atoms with van der Waals surface area (Å²) in [6.07, 6.45) is 11.7. The molecule has 0 aliphatic carbocycles. The number of aromatic nitrogens is 2. The molecule has 3 rings (SSSR count). The fraction of sp³-hybridized carbons (Fsp3) is 0.750. The van der Waals surface area contributed by atoms with Crippen molar-refractivity contribution in [2.75, 3.05) is 26.2 Å². The van der Waals surface area contributed by atoms with Crippen molar-refractivity contribution in [2.24, 2.45) is 5.41 Å². The molecule has 25 heavy (non-hydrogen) atoms. The molecule has 5 heteroatoms. The van der Waals surface area contributed by atoms with Crippen LogP contribution in [-0.4, -0.2) is 51.9 Å². The lowest BCUT2D eigenvalue weighted by molar-refractivity contribution is -0.140. The van der Waals surface area contributed by atoms with Gasteiger partial charge in [0.1, 0.15) is 0 Å². The predicted molar refractivity (Wildman–Crippen MR) is 99.1 cm³/mol. The lowest BCUT2D eigenvalue weighted by atomic mass is 9.73. The summed E-state index contributed by atoms with van der Waals surface area (Å²) in [7, 11) is 0. The average molecular weight is 345 g/mol. The average Bonchev–Trinajstić information content (AvgIpc) is 2.61. The van der Waals surface area contributed by atoms with E-state index < -0.39 is 0 Å². The first-order valence-corrected chi connectivity index (χ1v) is 9.88. The zero-order chi connectivity index (χ0) is 17.7. The van der Waals surface area contributed by atoms with Gasteiger partial charge in [-0.15, -0.1) is 0 Å². The highest BCUT2D eigenvalue weighted by atomic mass is 16.2. The first kappa shape index (κ1) is 18.3. The number of aryl methyl sites for hydroxylation is 1. The number of carbonyl (C=O) groups excluding carboxylic acids is 1. The van der Waals surface area contributed by atoms with E-state index in [1.165, 1.54) is 45.2 Å². The second kappa shape index (κ2) is 8.26. The molecule has 1 atom stereocenters. The van der Waals surface area contributed by atoms with E-state index in [-0.39, 0.29) is 11.3 Å². The van der Waals surface area contributed by atoms with Crippen LogP contribution in [0.2, 0.25) is 0 Å². The van der Waals surface area contributed by atoms with E-state index in [4.69, 9.17) is 0 Å². The number of rotatable bonds is 6. The quantitative estimate of drug-likeness (QED) is 0.744. The molecule has 0 N–H and O–H groups in total. The summed E-state index contributed by atoms with van der Waals surface area (Å²) in [4.78, 5) is 25.9. The van der Waals surface area contributed by atoms with Crippen LogP contribution in [0.4, 0.5) is 0 Å². The number of hydrogen-bond acceptors (Lipinski definition) is 4. The number of carbonyl (C=O) groups is 1. The number of unbranched alkanes of at least 4 members (excludes halogenated alkanes) is 2. The zero-order valence-corrected chi connectivity index (χ0v) is 15.8. The molecule has 1 aromatic heterocycles. The molecule has 3 heterocycles. The first-order chi connectivity index (χ1) is 12.1. The third-order valence-corrected chi connectivity index (χ3v) is 5.75. The second-order valence-electron chi connectivity index (χ2n) is 7.99. The van der Waals surface area contributed by atoms with Gasteiger partial charge >= 0.3 is 0 Å². The molecule has 138 valence electrons. The largest absolute Gasteiger partial charge is 0.336 e. The number of piperidine rings is 2. The monoisotopic (exact) mass is 344 g/mol. The van der Waals surface area contributed by atoms with Crippen LogP contribution >= 0.6 is 0 Å². The van der Waals surface area contributed by atoms with Gasteiger partial charge in [0.15, 0.2) is 0 Å². The van der Waals surface area contributed by atoms with Crippen molar-refractivity contribution >= 4 is 5.91 Å². The molecule has 0 bridgehead atoms. The SMILES string of the molecule is CCCCCN1CCC[C@@]2(CCC(=O)N(Cc3cnc(C)cn3)C2)C1. The van der Waals surface area contributed by atoms with Crippen LogP contribution in [0.15, 0.2) is 12.4 Å². The molecule has 2 saturated heterocycles. The van der Waals surface area contributed by atoms with Crippen LogP contribution in [0, 0.1) is 12.3 Å². The van der Waals surface area contributed by atoms with Gasteiger partial charge in [-0.1, -0.05) is 19.8 Å². The van der Waals surface area contributed by atoms with Crippen LogP contribution < -0.4 is 0 Å². The van der Waals surface area contributed by atoms with Crippen LogP contribution in [0.5, 0.6) is 0 Å². The number of likely N-dealkylation sites (tertiary alicyclic amines) is 2. The Balaban J connectivity index is 1.62. The second-order valence-corrected chi connectivity index (χ2v) is 7.99. The lowest BCUT2D eigenvalue weighted by Gasteiger charge is -2.48. The summed E-state index contributed by atoms with van der Waals surface area (Å²) in [5, 5.41) is 0. The van der Waals surface area contributed by atoms with E-state index in [0.717, 1.165) is 30.9 Å². The van der Waals surface area contributed by atoms with Crippen molar-refractivity contribution in [3.63, 3.8) is 0 Å². The van der Waals surface area contributed by atoms with Crippen molar-refractivity contribution in [1.82, 2.24) is 19.8 Å². The highest BCUT2D eigenvalue weighted by Gasteiger charge is 2.41. The van der Waals surface area contributed by atoms with Crippen molar-refractivity contribution in [2.45, 2.75) is 65.3 Å². The van der Waals surface area contributed by atoms with Crippen molar-refractivity contribution in [3.8, 4) is 0 Å². The van der Waals surface area contributed by atoms with Gasteiger partial charge in [-0.05, 0) is 45.7 Å². The summed E-state index contributed by atoms with van der Waals surface area (Å²) in [5.74, 6) is 0.274. The van der Waals surface area contributed by atoms with Gasteiger partial charge in [-0.3, -0.25) is 14.8 Å². The summed E-state index contributed by atoms with van der Waals surface area (Å²) in [5.41, 5.74) is 2.10. The summed E-state index contributed by atoms with van der Waals surface area (Å²) < 4.78 is 0. The third-order valence-electron chi connectivity index (χ3n) is 5.75. The predicted octanol–water partition coefficient (Wildman–Crippen LogP) is 3.18. The van der Waals surface area contributed by atoms with Gasteiger partial charge in [0.25, 0.3) is 0 Å². The molecule has 1 aromatic rings. The highest BCUT2D eigenvalue weighted by molar-refractivity contribution is 5.77. The molecule has 2 fully saturated rings. The molecule has 1 spiro atoms. The Morgan fingerprint density at radius 3 is 2.80 bits per heavy atom. The standard InChI is InChI=1S/C20H32N4O/c1-3-4-5-10-23-11-6-8-20(15-23)9-7-19(25)24(16-20)14-18-13-21-17(2)12-22-18/h12-13H,3-11,14-16H2,1-2H3/t20-/m1/s1. The van der Waals surface area contributed by atoms with E-state index >= 15 is 0 Å². The first-order valence-electron chi connectivity index (χ1n) is 9.88. The Morgan fingerprint density at radius 1 is 1.16 bits per heavy atom. The van der Waals surface area contributed by atoms with Crippen LogP contribution in [0.3, 0.4) is 0 Å². The van der Waals surface area contributed by atoms with E-state index in [0.29, 0.717) is 13.0 Å². The van der Waals surface area contributed by atoms with E-state index in [9.17, 15) is 4.79 Å². The van der Waals surface area contributed by atoms with E-state index in [1.807, 2.05) is 18.0 Å². The molecule has 2 aliphatic rings. The summed E-state index contributed by atoms with van der Waals surface area (Å²) >= 11 is 0. The molecule has 2 aliphatic heterocycles. The fourth-order valence-electron chi connectivity index (χ4n) is 4.36. The summed E-state index contributed by atoms with van der Waals surface area (Å²) in [6.45, 7) is 9.27. The lowest BCUT2D eigenvalue weighted by Crippen LogP contribution is -2.53. The molecule has 0 saturated carbocycles. The van der Waals surface area contributed by atoms with E-state index in [1.54, 1.807) is 6.20 Å². The van der Waals surface area contributed by atoms with Gasteiger partial charge in [0.2, 0.25) is 5.91 Å². The third kappa shape index (κ3) is 4.78. The molecular formula is C20H32N4O. The maximum absolute atomic E-state index is 12.4. The summed E-state index contributed by atoms with van der Waals surface area (Å²) in [6, 6.07) is 0.